The Morgan fingerprint density at radius 1 is 1.48 bits per heavy atom. The number of nitro groups is 1. The van der Waals surface area contributed by atoms with Crippen molar-refractivity contribution < 1.29 is 19.6 Å². The zero-order valence-corrected chi connectivity index (χ0v) is 12.1. The van der Waals surface area contributed by atoms with Gasteiger partial charge >= 0.3 is 5.97 Å². The van der Waals surface area contributed by atoms with Crippen LogP contribution < -0.4 is 5.32 Å². The Morgan fingerprint density at radius 2 is 2.14 bits per heavy atom. The quantitative estimate of drug-likeness (QED) is 0.594. The van der Waals surface area contributed by atoms with Gasteiger partial charge in [0.25, 0.3) is 11.6 Å². The molecule has 0 bridgehead atoms. The van der Waals surface area contributed by atoms with E-state index in [-0.39, 0.29) is 17.0 Å². The first kappa shape index (κ1) is 16.9. The van der Waals surface area contributed by atoms with E-state index in [0.717, 1.165) is 18.6 Å². The van der Waals surface area contributed by atoms with Crippen molar-refractivity contribution in [2.24, 2.45) is 0 Å². The van der Waals surface area contributed by atoms with Crippen molar-refractivity contribution in [3.05, 3.63) is 38.9 Å². The minimum absolute atomic E-state index is 0.159. The Hall–Kier alpha value is -2.15. The van der Waals surface area contributed by atoms with Gasteiger partial charge in [0.1, 0.15) is 11.6 Å². The summed E-state index contributed by atoms with van der Waals surface area (Å²) < 4.78 is 0. The van der Waals surface area contributed by atoms with Crippen LogP contribution in [0, 0.1) is 10.1 Å². The summed E-state index contributed by atoms with van der Waals surface area (Å²) in [6.07, 6.45) is 1.65. The highest BCUT2D eigenvalue weighted by atomic mass is 35.5. The van der Waals surface area contributed by atoms with E-state index in [9.17, 15) is 19.7 Å². The molecule has 1 aromatic rings. The van der Waals surface area contributed by atoms with Crippen LogP contribution in [0.2, 0.25) is 5.02 Å². The number of carbonyl (C=O) groups excluding carboxylic acids is 1. The standard InChI is InChI=1S/C13H15ClN2O5/c1-2-3-4-10(13(18)19)15-12(17)9-7-8(14)5-6-11(9)16(20)21/h5-7,10H,2-4H2,1H3,(H,15,17)(H,18,19). The molecule has 1 unspecified atom stereocenters. The number of rotatable bonds is 7. The fourth-order valence-electron chi connectivity index (χ4n) is 1.75. The molecule has 0 spiro atoms. The van der Waals surface area contributed by atoms with Crippen molar-refractivity contribution in [3.63, 3.8) is 0 Å². The highest BCUT2D eigenvalue weighted by Crippen LogP contribution is 2.22. The molecule has 1 atom stereocenters. The molecule has 7 nitrogen and oxygen atoms in total. The Morgan fingerprint density at radius 3 is 2.67 bits per heavy atom. The summed E-state index contributed by atoms with van der Waals surface area (Å²) in [4.78, 5) is 33.3. The number of carboxylic acids is 1. The van der Waals surface area contributed by atoms with E-state index < -0.39 is 28.5 Å². The van der Waals surface area contributed by atoms with E-state index in [1.165, 1.54) is 6.07 Å². The largest absolute Gasteiger partial charge is 0.480 e. The van der Waals surface area contributed by atoms with E-state index >= 15 is 0 Å². The molecule has 2 N–H and O–H groups in total. The van der Waals surface area contributed by atoms with Crippen molar-refractivity contribution in [1.29, 1.82) is 0 Å². The van der Waals surface area contributed by atoms with Gasteiger partial charge in [-0.2, -0.15) is 0 Å². The van der Waals surface area contributed by atoms with Crippen LogP contribution >= 0.6 is 11.6 Å². The fraction of sp³-hybridized carbons (Fsp3) is 0.385. The second-order valence-corrected chi connectivity index (χ2v) is 4.86. The Balaban J connectivity index is 2.99. The third kappa shape index (κ3) is 4.71. The molecule has 0 radical (unpaired) electrons. The molecule has 0 heterocycles. The number of benzene rings is 1. The van der Waals surface area contributed by atoms with Crippen LogP contribution in [-0.4, -0.2) is 27.9 Å². The fourth-order valence-corrected chi connectivity index (χ4v) is 1.92. The molecule has 0 aliphatic carbocycles. The van der Waals surface area contributed by atoms with Gasteiger partial charge in [0.15, 0.2) is 0 Å². The first-order valence-corrected chi connectivity index (χ1v) is 6.72. The lowest BCUT2D eigenvalue weighted by atomic mass is 10.1. The zero-order valence-electron chi connectivity index (χ0n) is 11.3. The van der Waals surface area contributed by atoms with E-state index in [1.54, 1.807) is 0 Å². The van der Waals surface area contributed by atoms with E-state index in [2.05, 4.69) is 5.32 Å². The Bertz CT molecular complexity index is 561. The average molecular weight is 315 g/mol. The molecule has 114 valence electrons. The molecule has 0 saturated heterocycles. The van der Waals surface area contributed by atoms with E-state index in [0.29, 0.717) is 6.42 Å². The lowest BCUT2D eigenvalue weighted by Crippen LogP contribution is -2.40. The number of amides is 1. The normalized spacial score (nSPS) is 11.7. The first-order valence-electron chi connectivity index (χ1n) is 6.34. The molecule has 8 heteroatoms. The van der Waals surface area contributed by atoms with Crippen molar-refractivity contribution in [2.75, 3.05) is 0 Å². The maximum Gasteiger partial charge on any atom is 0.326 e. The number of nitrogens with one attached hydrogen (secondary N) is 1. The van der Waals surface area contributed by atoms with Gasteiger partial charge in [-0.3, -0.25) is 14.9 Å². The van der Waals surface area contributed by atoms with E-state index in [4.69, 9.17) is 16.7 Å². The van der Waals surface area contributed by atoms with Crippen LogP contribution in [-0.2, 0) is 4.79 Å². The van der Waals surface area contributed by atoms with Gasteiger partial charge < -0.3 is 10.4 Å². The average Bonchev–Trinajstić information content (AvgIpc) is 2.42. The van der Waals surface area contributed by atoms with Crippen molar-refractivity contribution in [1.82, 2.24) is 5.32 Å². The van der Waals surface area contributed by atoms with Gasteiger partial charge in [0, 0.05) is 11.1 Å². The monoisotopic (exact) mass is 314 g/mol. The number of carbonyl (C=O) groups is 2. The van der Waals surface area contributed by atoms with Crippen LogP contribution in [0.4, 0.5) is 5.69 Å². The number of halogens is 1. The van der Waals surface area contributed by atoms with Crippen molar-refractivity contribution in [2.45, 2.75) is 32.2 Å². The lowest BCUT2D eigenvalue weighted by Gasteiger charge is -2.14. The van der Waals surface area contributed by atoms with Crippen LogP contribution in [0.15, 0.2) is 18.2 Å². The van der Waals surface area contributed by atoms with E-state index in [1.807, 2.05) is 6.92 Å². The molecule has 0 aromatic heterocycles. The summed E-state index contributed by atoms with van der Waals surface area (Å²) in [5.41, 5.74) is -0.674. The summed E-state index contributed by atoms with van der Waals surface area (Å²) in [6.45, 7) is 1.89. The third-order valence-corrected chi connectivity index (χ3v) is 3.08. The van der Waals surface area contributed by atoms with Gasteiger partial charge in [-0.05, 0) is 18.6 Å². The molecule has 1 aromatic carbocycles. The molecule has 0 aliphatic rings. The lowest BCUT2D eigenvalue weighted by molar-refractivity contribution is -0.385. The number of hydrogen-bond donors (Lipinski definition) is 2. The summed E-state index contributed by atoms with van der Waals surface area (Å²) in [5.74, 6) is -2.01. The molecule has 0 saturated carbocycles. The highest BCUT2D eigenvalue weighted by Gasteiger charge is 2.25. The zero-order chi connectivity index (χ0) is 16.0. The molecule has 0 aliphatic heterocycles. The number of aliphatic carboxylic acids is 1. The Kier molecular flexibility index (Phi) is 6.10. The maximum atomic E-state index is 12.1. The van der Waals surface area contributed by atoms with Crippen molar-refractivity contribution in [3.8, 4) is 0 Å². The van der Waals surface area contributed by atoms with Gasteiger partial charge in [-0.15, -0.1) is 0 Å². The molecular formula is C13H15ClN2O5. The van der Waals surface area contributed by atoms with Gasteiger partial charge in [0.05, 0.1) is 4.92 Å². The summed E-state index contributed by atoms with van der Waals surface area (Å²) >= 11 is 5.73. The number of carboxylic acid groups (broad SMARTS) is 1. The molecule has 21 heavy (non-hydrogen) atoms. The third-order valence-electron chi connectivity index (χ3n) is 2.85. The number of unbranched alkanes of at least 4 members (excludes halogenated alkanes) is 1. The molecule has 1 amide bonds. The molecule has 1 rings (SSSR count). The first-order chi connectivity index (χ1) is 9.86. The second kappa shape index (κ2) is 7.58. The summed E-state index contributed by atoms with van der Waals surface area (Å²) in [5, 5.41) is 22.4. The van der Waals surface area contributed by atoms with Crippen LogP contribution in [0.25, 0.3) is 0 Å². The van der Waals surface area contributed by atoms with Gasteiger partial charge in [0.2, 0.25) is 0 Å². The maximum absolute atomic E-state index is 12.1. The Labute approximate surface area is 126 Å². The highest BCUT2D eigenvalue weighted by molar-refractivity contribution is 6.31. The van der Waals surface area contributed by atoms with Crippen LogP contribution in [0.5, 0.6) is 0 Å². The predicted molar refractivity (Wildman–Crippen MR) is 76.5 cm³/mol. The van der Waals surface area contributed by atoms with Gasteiger partial charge in [-0.1, -0.05) is 31.4 Å². The van der Waals surface area contributed by atoms with Crippen molar-refractivity contribution >= 4 is 29.2 Å². The second-order valence-electron chi connectivity index (χ2n) is 4.43. The molecular weight excluding hydrogens is 300 g/mol. The topological polar surface area (TPSA) is 110 Å². The van der Waals surface area contributed by atoms with Crippen LogP contribution in [0.1, 0.15) is 36.5 Å². The number of nitrogens with zero attached hydrogens (tertiary/aromatic N) is 1. The smallest absolute Gasteiger partial charge is 0.326 e. The predicted octanol–water partition coefficient (Wildman–Crippen LogP) is 2.62. The summed E-state index contributed by atoms with van der Waals surface area (Å²) in [6, 6.07) is 2.46. The minimum atomic E-state index is -1.18. The molecule has 0 fully saturated rings. The van der Waals surface area contributed by atoms with Gasteiger partial charge in [-0.25, -0.2) is 4.79 Å². The van der Waals surface area contributed by atoms with Crippen LogP contribution in [0.3, 0.4) is 0 Å². The number of nitro benzene ring substituents is 1. The minimum Gasteiger partial charge on any atom is -0.480 e. The summed E-state index contributed by atoms with van der Waals surface area (Å²) in [7, 11) is 0. The SMILES string of the molecule is CCCCC(NC(=O)c1cc(Cl)ccc1[N+](=O)[O-])C(=O)O. The number of hydrogen-bond acceptors (Lipinski definition) is 4.